The first-order chi connectivity index (χ1) is 14.7. The standard InChI is InChI=1S/C21H25N3O6/c25-20(22-6-5-16-2-1-9-28-16)21(26)23-13-17(24-7-10-27-11-8-24)15-3-4-18-19(12-15)30-14-29-18/h1-4,9,12,17H,5-8,10-11,13-14H2,(H,22,25)(H,23,26)/t17-/m1/s1. The van der Waals surface area contributed by atoms with Crippen LogP contribution in [0.2, 0.25) is 0 Å². The van der Waals surface area contributed by atoms with Crippen LogP contribution in [-0.4, -0.2) is 62.9 Å². The number of benzene rings is 1. The SMILES string of the molecule is O=C(NCCc1ccco1)C(=O)NC[C@H](c1ccc2c(c1)OCO2)N1CCOCC1. The van der Waals surface area contributed by atoms with Crippen LogP contribution in [0.25, 0.3) is 0 Å². The topological polar surface area (TPSA) is 102 Å². The summed E-state index contributed by atoms with van der Waals surface area (Å²) >= 11 is 0. The van der Waals surface area contributed by atoms with Crippen molar-refractivity contribution < 1.29 is 28.2 Å². The fourth-order valence-electron chi connectivity index (χ4n) is 3.57. The molecule has 1 fully saturated rings. The molecule has 2 aliphatic heterocycles. The van der Waals surface area contributed by atoms with Crippen molar-refractivity contribution in [2.24, 2.45) is 0 Å². The Morgan fingerprint density at radius 2 is 1.83 bits per heavy atom. The number of rotatable bonds is 7. The smallest absolute Gasteiger partial charge is 0.309 e. The first kappa shape index (κ1) is 20.2. The molecule has 0 radical (unpaired) electrons. The van der Waals surface area contributed by atoms with Crippen molar-refractivity contribution in [3.63, 3.8) is 0 Å². The zero-order valence-electron chi connectivity index (χ0n) is 16.6. The van der Waals surface area contributed by atoms with Crippen molar-refractivity contribution in [2.45, 2.75) is 12.5 Å². The Morgan fingerprint density at radius 3 is 2.63 bits per heavy atom. The number of furan rings is 1. The Bertz CT molecular complexity index is 864. The number of hydrogen-bond donors (Lipinski definition) is 2. The maximum atomic E-state index is 12.3. The van der Waals surface area contributed by atoms with Crippen molar-refractivity contribution in [3.8, 4) is 11.5 Å². The molecule has 2 aromatic rings. The minimum absolute atomic E-state index is 0.108. The van der Waals surface area contributed by atoms with E-state index in [0.29, 0.717) is 44.2 Å². The van der Waals surface area contributed by atoms with Gasteiger partial charge in [-0.2, -0.15) is 0 Å². The van der Waals surface area contributed by atoms with Crippen LogP contribution in [-0.2, 0) is 20.7 Å². The summed E-state index contributed by atoms with van der Waals surface area (Å²) in [6.45, 7) is 3.56. The maximum absolute atomic E-state index is 12.3. The number of amides is 2. The van der Waals surface area contributed by atoms with E-state index in [-0.39, 0.29) is 12.8 Å². The molecule has 0 unspecified atom stereocenters. The van der Waals surface area contributed by atoms with Crippen LogP contribution in [0.15, 0.2) is 41.0 Å². The van der Waals surface area contributed by atoms with E-state index >= 15 is 0 Å². The average molecular weight is 415 g/mol. The molecule has 1 aromatic carbocycles. The van der Waals surface area contributed by atoms with Crippen molar-refractivity contribution >= 4 is 11.8 Å². The van der Waals surface area contributed by atoms with E-state index in [0.717, 1.165) is 24.4 Å². The number of nitrogens with one attached hydrogen (secondary N) is 2. The van der Waals surface area contributed by atoms with Gasteiger partial charge < -0.3 is 29.3 Å². The second-order valence-corrected chi connectivity index (χ2v) is 7.07. The van der Waals surface area contributed by atoms with E-state index in [1.165, 1.54) is 0 Å². The molecule has 30 heavy (non-hydrogen) atoms. The van der Waals surface area contributed by atoms with Crippen molar-refractivity contribution in [3.05, 3.63) is 47.9 Å². The Morgan fingerprint density at radius 1 is 1.03 bits per heavy atom. The number of morpholine rings is 1. The van der Waals surface area contributed by atoms with Gasteiger partial charge in [0.05, 0.1) is 25.5 Å². The molecule has 3 heterocycles. The minimum atomic E-state index is -0.659. The highest BCUT2D eigenvalue weighted by molar-refractivity contribution is 6.35. The van der Waals surface area contributed by atoms with Gasteiger partial charge in [0.25, 0.3) is 0 Å². The Balaban J connectivity index is 1.35. The van der Waals surface area contributed by atoms with Crippen LogP contribution in [0.4, 0.5) is 0 Å². The first-order valence-electron chi connectivity index (χ1n) is 10.0. The highest BCUT2D eigenvalue weighted by atomic mass is 16.7. The summed E-state index contributed by atoms with van der Waals surface area (Å²) in [6.07, 6.45) is 2.10. The van der Waals surface area contributed by atoms with E-state index in [1.54, 1.807) is 12.3 Å². The molecule has 0 bridgehead atoms. The highest BCUT2D eigenvalue weighted by Gasteiger charge is 2.26. The quantitative estimate of drug-likeness (QED) is 0.647. The van der Waals surface area contributed by atoms with Crippen molar-refractivity contribution in [2.75, 3.05) is 46.2 Å². The summed E-state index contributed by atoms with van der Waals surface area (Å²) in [5.41, 5.74) is 0.986. The second kappa shape index (κ2) is 9.64. The second-order valence-electron chi connectivity index (χ2n) is 7.07. The molecule has 160 valence electrons. The fraction of sp³-hybridized carbons (Fsp3) is 0.429. The predicted molar refractivity (Wildman–Crippen MR) is 106 cm³/mol. The number of carbonyl (C=O) groups is 2. The number of ether oxygens (including phenoxy) is 3. The summed E-state index contributed by atoms with van der Waals surface area (Å²) in [5, 5.41) is 5.38. The molecule has 2 N–H and O–H groups in total. The summed E-state index contributed by atoms with van der Waals surface area (Å²) in [7, 11) is 0. The van der Waals surface area contributed by atoms with Crippen molar-refractivity contribution in [1.82, 2.24) is 15.5 Å². The summed E-state index contributed by atoms with van der Waals surface area (Å²) in [6, 6.07) is 9.26. The van der Waals surface area contributed by atoms with E-state index in [1.807, 2.05) is 24.3 Å². The van der Waals surface area contributed by atoms with Crippen LogP contribution in [0, 0.1) is 0 Å². The van der Waals surface area contributed by atoms with E-state index < -0.39 is 11.8 Å². The van der Waals surface area contributed by atoms with Gasteiger partial charge in [0.15, 0.2) is 11.5 Å². The van der Waals surface area contributed by atoms with Crippen LogP contribution in [0.1, 0.15) is 17.4 Å². The zero-order chi connectivity index (χ0) is 20.8. The Kier molecular flexibility index (Phi) is 6.50. The predicted octanol–water partition coefficient (Wildman–Crippen LogP) is 0.857. The van der Waals surface area contributed by atoms with Gasteiger partial charge in [-0.25, -0.2) is 0 Å². The van der Waals surface area contributed by atoms with Gasteiger partial charge in [-0.05, 0) is 29.8 Å². The van der Waals surface area contributed by atoms with Gasteiger partial charge in [0.1, 0.15) is 5.76 Å². The number of hydrogen-bond acceptors (Lipinski definition) is 7. The van der Waals surface area contributed by atoms with Gasteiger partial charge in [0, 0.05) is 32.6 Å². The largest absolute Gasteiger partial charge is 0.469 e. The molecule has 2 amide bonds. The Hall–Kier alpha value is -3.04. The third-order valence-corrected chi connectivity index (χ3v) is 5.17. The lowest BCUT2D eigenvalue weighted by Gasteiger charge is -2.34. The lowest BCUT2D eigenvalue weighted by Crippen LogP contribution is -2.47. The summed E-state index contributed by atoms with van der Waals surface area (Å²) in [5.74, 6) is 0.833. The van der Waals surface area contributed by atoms with E-state index in [9.17, 15) is 9.59 Å². The normalized spacial score (nSPS) is 16.8. The molecule has 4 rings (SSSR count). The third-order valence-electron chi connectivity index (χ3n) is 5.17. The van der Waals surface area contributed by atoms with Gasteiger partial charge >= 0.3 is 11.8 Å². The molecule has 1 aromatic heterocycles. The Labute approximate surface area is 174 Å². The van der Waals surface area contributed by atoms with E-state index in [2.05, 4.69) is 15.5 Å². The minimum Gasteiger partial charge on any atom is -0.469 e. The maximum Gasteiger partial charge on any atom is 0.309 e. The van der Waals surface area contributed by atoms with Crippen molar-refractivity contribution in [1.29, 1.82) is 0 Å². The molecular formula is C21H25N3O6. The molecule has 2 aliphatic rings. The first-order valence-corrected chi connectivity index (χ1v) is 10.0. The van der Waals surface area contributed by atoms with Crippen LogP contribution >= 0.6 is 0 Å². The zero-order valence-corrected chi connectivity index (χ0v) is 16.6. The van der Waals surface area contributed by atoms with Crippen LogP contribution in [0.5, 0.6) is 11.5 Å². The molecule has 1 saturated heterocycles. The molecule has 0 aliphatic carbocycles. The number of carbonyl (C=O) groups excluding carboxylic acids is 2. The number of fused-ring (bicyclic) bond motifs is 1. The van der Waals surface area contributed by atoms with Crippen LogP contribution < -0.4 is 20.1 Å². The summed E-state index contributed by atoms with van der Waals surface area (Å²) in [4.78, 5) is 26.7. The number of nitrogens with zero attached hydrogens (tertiary/aromatic N) is 1. The molecule has 0 spiro atoms. The third kappa shape index (κ3) is 4.92. The average Bonchev–Trinajstić information content (AvgIpc) is 3.46. The van der Waals surface area contributed by atoms with Gasteiger partial charge in [-0.3, -0.25) is 14.5 Å². The molecule has 1 atom stereocenters. The van der Waals surface area contributed by atoms with Crippen LogP contribution in [0.3, 0.4) is 0 Å². The summed E-state index contributed by atoms with van der Waals surface area (Å²) < 4.78 is 21.5. The lowest BCUT2D eigenvalue weighted by molar-refractivity contribution is -0.139. The van der Waals surface area contributed by atoms with Gasteiger partial charge in [-0.1, -0.05) is 6.07 Å². The molecule has 9 nitrogen and oxygen atoms in total. The fourth-order valence-corrected chi connectivity index (χ4v) is 3.57. The molecule has 9 heteroatoms. The highest BCUT2D eigenvalue weighted by Crippen LogP contribution is 2.35. The lowest BCUT2D eigenvalue weighted by atomic mass is 10.0. The monoisotopic (exact) mass is 415 g/mol. The molecular weight excluding hydrogens is 390 g/mol. The van der Waals surface area contributed by atoms with E-state index in [4.69, 9.17) is 18.6 Å². The van der Waals surface area contributed by atoms with Gasteiger partial charge in [0.2, 0.25) is 6.79 Å². The van der Waals surface area contributed by atoms with Gasteiger partial charge in [-0.15, -0.1) is 0 Å². The molecule has 0 saturated carbocycles.